The second-order valence-corrected chi connectivity index (χ2v) is 4.91. The molecular formula is C11H10BrF6N. The van der Waals surface area contributed by atoms with E-state index in [0.717, 1.165) is 12.1 Å². The molecular weight excluding hydrogens is 340 g/mol. The Morgan fingerprint density at radius 2 is 1.68 bits per heavy atom. The molecule has 0 radical (unpaired) electrons. The summed E-state index contributed by atoms with van der Waals surface area (Å²) in [5.41, 5.74) is 4.08. The smallest absolute Gasteiger partial charge is 0.324 e. The Balaban J connectivity index is 3.00. The predicted octanol–water partition coefficient (Wildman–Crippen LogP) is 4.81. The summed E-state index contributed by atoms with van der Waals surface area (Å²) in [4.78, 5) is 0. The molecule has 0 fully saturated rings. The summed E-state index contributed by atoms with van der Waals surface area (Å²) in [7, 11) is 0. The van der Waals surface area contributed by atoms with Gasteiger partial charge in [-0.1, -0.05) is 22.0 Å². The molecule has 0 saturated heterocycles. The molecule has 0 aliphatic rings. The lowest BCUT2D eigenvalue weighted by Crippen LogP contribution is -2.20. The van der Waals surface area contributed by atoms with E-state index < -0.39 is 36.8 Å². The van der Waals surface area contributed by atoms with Gasteiger partial charge in [0.2, 0.25) is 0 Å². The van der Waals surface area contributed by atoms with Crippen molar-refractivity contribution in [1.29, 1.82) is 0 Å². The van der Waals surface area contributed by atoms with Gasteiger partial charge in [0.05, 0.1) is 5.56 Å². The maximum absolute atomic E-state index is 12.8. The van der Waals surface area contributed by atoms with Crippen LogP contribution in [0.2, 0.25) is 0 Å². The Bertz CT molecular complexity index is 440. The fourth-order valence-corrected chi connectivity index (χ4v) is 1.93. The van der Waals surface area contributed by atoms with E-state index in [1.54, 1.807) is 0 Å². The topological polar surface area (TPSA) is 26.0 Å². The van der Waals surface area contributed by atoms with Gasteiger partial charge in [0.1, 0.15) is 0 Å². The van der Waals surface area contributed by atoms with Crippen molar-refractivity contribution < 1.29 is 26.3 Å². The molecule has 0 amide bonds. The van der Waals surface area contributed by atoms with E-state index >= 15 is 0 Å². The van der Waals surface area contributed by atoms with Crippen molar-refractivity contribution in [2.24, 2.45) is 5.73 Å². The average Bonchev–Trinajstić information content (AvgIpc) is 2.23. The van der Waals surface area contributed by atoms with Crippen LogP contribution in [0.4, 0.5) is 26.3 Å². The molecule has 1 nitrogen and oxygen atoms in total. The highest BCUT2D eigenvalue weighted by atomic mass is 79.9. The van der Waals surface area contributed by atoms with Gasteiger partial charge in [-0.05, 0) is 24.1 Å². The van der Waals surface area contributed by atoms with Gasteiger partial charge in [-0.3, -0.25) is 0 Å². The summed E-state index contributed by atoms with van der Waals surface area (Å²) < 4.78 is 74.6. The third-order valence-corrected chi connectivity index (χ3v) is 2.95. The summed E-state index contributed by atoms with van der Waals surface area (Å²) in [5.74, 6) is 0. The molecule has 0 aliphatic carbocycles. The highest BCUT2D eigenvalue weighted by Gasteiger charge is 2.36. The summed E-state index contributed by atoms with van der Waals surface area (Å²) in [6, 6.07) is 1.90. The van der Waals surface area contributed by atoms with Crippen molar-refractivity contribution in [2.75, 3.05) is 0 Å². The van der Waals surface area contributed by atoms with Crippen LogP contribution in [-0.4, -0.2) is 6.18 Å². The van der Waals surface area contributed by atoms with Crippen molar-refractivity contribution in [2.45, 2.75) is 31.2 Å². The van der Waals surface area contributed by atoms with Crippen LogP contribution in [0.1, 0.15) is 30.0 Å². The van der Waals surface area contributed by atoms with E-state index in [1.165, 1.54) is 6.07 Å². The Hall–Kier alpha value is -0.760. The van der Waals surface area contributed by atoms with Gasteiger partial charge in [0, 0.05) is 16.9 Å². The van der Waals surface area contributed by atoms with Gasteiger partial charge >= 0.3 is 12.4 Å². The summed E-state index contributed by atoms with van der Waals surface area (Å²) in [6.45, 7) is 0. The number of alkyl halides is 6. The van der Waals surface area contributed by atoms with E-state index in [-0.39, 0.29) is 10.0 Å². The number of rotatable bonds is 3. The fraction of sp³-hybridized carbons (Fsp3) is 0.455. The molecule has 8 heteroatoms. The quantitative estimate of drug-likeness (QED) is 0.778. The average molecular weight is 350 g/mol. The first-order valence-electron chi connectivity index (χ1n) is 5.19. The zero-order valence-corrected chi connectivity index (χ0v) is 11.0. The molecule has 1 rings (SSSR count). The molecule has 0 heterocycles. The Morgan fingerprint density at radius 3 is 2.16 bits per heavy atom. The first kappa shape index (κ1) is 16.3. The largest absolute Gasteiger partial charge is 0.416 e. The van der Waals surface area contributed by atoms with Gasteiger partial charge in [-0.25, -0.2) is 0 Å². The van der Waals surface area contributed by atoms with E-state index in [9.17, 15) is 26.3 Å². The third kappa shape index (κ3) is 5.02. The zero-order valence-electron chi connectivity index (χ0n) is 9.45. The zero-order chi connectivity index (χ0) is 14.8. The second kappa shape index (κ2) is 5.70. The molecule has 1 unspecified atom stereocenters. The van der Waals surface area contributed by atoms with Crippen LogP contribution in [0.15, 0.2) is 22.7 Å². The molecule has 0 saturated carbocycles. The summed E-state index contributed by atoms with van der Waals surface area (Å²) in [5, 5.41) is 0. The van der Waals surface area contributed by atoms with Gasteiger partial charge in [-0.15, -0.1) is 0 Å². The normalized spacial score (nSPS) is 14.5. The Kier molecular flexibility index (Phi) is 4.89. The third-order valence-electron chi connectivity index (χ3n) is 2.46. The summed E-state index contributed by atoms with van der Waals surface area (Å²) >= 11 is 2.89. The number of hydrogen-bond acceptors (Lipinski definition) is 1. The minimum atomic E-state index is -4.66. The molecule has 0 spiro atoms. The fourth-order valence-electron chi connectivity index (χ4n) is 1.57. The SMILES string of the molecule is NC(CCC(F)(F)F)c1ccc(Br)cc1C(F)(F)F. The first-order chi connectivity index (χ1) is 8.50. The molecule has 2 N–H and O–H groups in total. The van der Waals surface area contributed by atoms with Crippen LogP contribution in [0.5, 0.6) is 0 Å². The highest BCUT2D eigenvalue weighted by Crippen LogP contribution is 2.37. The lowest BCUT2D eigenvalue weighted by atomic mass is 9.97. The van der Waals surface area contributed by atoms with Crippen LogP contribution < -0.4 is 5.73 Å². The van der Waals surface area contributed by atoms with Gasteiger partial charge in [0.15, 0.2) is 0 Å². The van der Waals surface area contributed by atoms with Gasteiger partial charge in [0.25, 0.3) is 0 Å². The first-order valence-corrected chi connectivity index (χ1v) is 5.99. The molecule has 0 bridgehead atoms. The van der Waals surface area contributed by atoms with Crippen molar-refractivity contribution in [3.05, 3.63) is 33.8 Å². The highest BCUT2D eigenvalue weighted by molar-refractivity contribution is 9.10. The van der Waals surface area contributed by atoms with Crippen LogP contribution in [-0.2, 0) is 6.18 Å². The van der Waals surface area contributed by atoms with Crippen molar-refractivity contribution in [3.8, 4) is 0 Å². The van der Waals surface area contributed by atoms with Gasteiger partial charge in [-0.2, -0.15) is 26.3 Å². The lowest BCUT2D eigenvalue weighted by Gasteiger charge is -2.19. The van der Waals surface area contributed by atoms with E-state index in [1.807, 2.05) is 0 Å². The molecule has 0 aromatic heterocycles. The number of benzene rings is 1. The molecule has 0 aliphatic heterocycles. The van der Waals surface area contributed by atoms with Gasteiger partial charge < -0.3 is 5.73 Å². The molecule has 19 heavy (non-hydrogen) atoms. The Morgan fingerprint density at radius 1 is 1.11 bits per heavy atom. The van der Waals surface area contributed by atoms with Crippen LogP contribution >= 0.6 is 15.9 Å². The lowest BCUT2D eigenvalue weighted by molar-refractivity contribution is -0.139. The second-order valence-electron chi connectivity index (χ2n) is 3.99. The van der Waals surface area contributed by atoms with Crippen LogP contribution in [0.25, 0.3) is 0 Å². The van der Waals surface area contributed by atoms with E-state index in [0.29, 0.717) is 0 Å². The van der Waals surface area contributed by atoms with Crippen LogP contribution in [0.3, 0.4) is 0 Å². The molecule has 108 valence electrons. The standard InChI is InChI=1S/C11H10BrF6N/c12-6-1-2-7(8(5-6)11(16,17)18)9(19)3-4-10(13,14)15/h1-2,5,9H,3-4,19H2. The van der Waals surface area contributed by atoms with E-state index in [4.69, 9.17) is 5.73 Å². The van der Waals surface area contributed by atoms with Crippen LogP contribution in [0, 0.1) is 0 Å². The maximum Gasteiger partial charge on any atom is 0.416 e. The summed E-state index contributed by atoms with van der Waals surface area (Å²) in [6.07, 6.45) is -10.9. The molecule has 1 aromatic rings. The number of halogens is 7. The minimum absolute atomic E-state index is 0.187. The maximum atomic E-state index is 12.8. The van der Waals surface area contributed by atoms with Crippen molar-refractivity contribution >= 4 is 15.9 Å². The van der Waals surface area contributed by atoms with Crippen molar-refractivity contribution in [1.82, 2.24) is 0 Å². The van der Waals surface area contributed by atoms with E-state index in [2.05, 4.69) is 15.9 Å². The minimum Gasteiger partial charge on any atom is -0.324 e. The Labute approximate surface area is 113 Å². The molecule has 1 atom stereocenters. The van der Waals surface area contributed by atoms with Crippen molar-refractivity contribution in [3.63, 3.8) is 0 Å². The number of nitrogens with two attached hydrogens (primary N) is 1. The monoisotopic (exact) mass is 349 g/mol. The predicted molar refractivity (Wildman–Crippen MR) is 61.4 cm³/mol. The number of hydrogen-bond donors (Lipinski definition) is 1. The molecule has 1 aromatic carbocycles.